The number of aromatic nitrogens is 3. The molecule has 0 bridgehead atoms. The highest BCUT2D eigenvalue weighted by Crippen LogP contribution is 2.32. The first kappa shape index (κ1) is 36.1. The van der Waals surface area contributed by atoms with Gasteiger partial charge in [0.2, 0.25) is 0 Å². The van der Waals surface area contributed by atoms with Gasteiger partial charge in [-0.25, -0.2) is 19.2 Å². The van der Waals surface area contributed by atoms with Crippen LogP contribution >= 0.6 is 0 Å². The minimum Gasteiger partial charge on any atom is -0.459 e. The second-order valence-electron chi connectivity index (χ2n) is 11.0. The molecule has 1 aromatic heterocycles. The zero-order valence-corrected chi connectivity index (χ0v) is 26.5. The number of carbonyl (C=O) groups is 3. The number of H-pyrrole nitrogens is 1. The molecule has 3 aromatic carbocycles. The van der Waals surface area contributed by atoms with Crippen molar-refractivity contribution in [1.82, 2.24) is 14.8 Å². The van der Waals surface area contributed by atoms with Crippen molar-refractivity contribution < 1.29 is 48.1 Å². The van der Waals surface area contributed by atoms with Crippen molar-refractivity contribution in [2.24, 2.45) is 0 Å². The molecule has 0 saturated carbocycles. The first-order chi connectivity index (χ1) is 24.7. The molecule has 4 atom stereocenters. The maximum Gasteiger partial charge on any atom is 0.347 e. The van der Waals surface area contributed by atoms with Gasteiger partial charge in [-0.15, -0.1) is 0 Å². The fourth-order valence-corrected chi connectivity index (χ4v) is 4.95. The van der Waals surface area contributed by atoms with E-state index in [0.29, 0.717) is 0 Å². The number of nitrogens with one attached hydrogen (secondary N) is 1. The number of nitro benzene ring substituents is 3. The van der Waals surface area contributed by atoms with Crippen LogP contribution in [-0.4, -0.2) is 72.4 Å². The molecule has 1 aliphatic rings. The van der Waals surface area contributed by atoms with E-state index in [1.54, 1.807) is 0 Å². The Bertz CT molecular complexity index is 2170. The van der Waals surface area contributed by atoms with E-state index in [2.05, 4.69) is 10.1 Å². The summed E-state index contributed by atoms with van der Waals surface area (Å²) in [7, 11) is 0. The van der Waals surface area contributed by atoms with Gasteiger partial charge in [0.15, 0.2) is 12.3 Å². The van der Waals surface area contributed by atoms with Crippen LogP contribution in [0.3, 0.4) is 0 Å². The van der Waals surface area contributed by atoms with Gasteiger partial charge in [-0.3, -0.25) is 40.1 Å². The van der Waals surface area contributed by atoms with E-state index in [1.807, 2.05) is 0 Å². The monoisotopic (exact) mass is 720 g/mol. The molecule has 0 spiro atoms. The molecule has 0 amide bonds. The number of aromatic amines is 1. The molecule has 1 aliphatic heterocycles. The average Bonchev–Trinajstić information content (AvgIpc) is 3.12. The van der Waals surface area contributed by atoms with Crippen LogP contribution < -0.4 is 11.2 Å². The van der Waals surface area contributed by atoms with Crippen LogP contribution in [0.1, 0.15) is 49.4 Å². The number of rotatable bonds is 11. The van der Waals surface area contributed by atoms with Crippen molar-refractivity contribution in [3.8, 4) is 0 Å². The van der Waals surface area contributed by atoms with Gasteiger partial charge in [-0.05, 0) is 43.3 Å². The average molecular weight is 721 g/mol. The van der Waals surface area contributed by atoms with Crippen LogP contribution in [0.25, 0.3) is 0 Å². The molecule has 268 valence electrons. The highest BCUT2D eigenvalue weighted by molar-refractivity contribution is 5.91. The third-order valence-corrected chi connectivity index (χ3v) is 7.61. The van der Waals surface area contributed by atoms with E-state index in [4.69, 9.17) is 18.9 Å². The number of ether oxygens (including phenoxy) is 4. The first-order valence-corrected chi connectivity index (χ1v) is 14.9. The fraction of sp³-hybridized carbons (Fsp3) is 0.226. The highest BCUT2D eigenvalue weighted by atomic mass is 16.6. The molecule has 5 rings (SSSR count). The molecule has 1 N–H and O–H groups in total. The van der Waals surface area contributed by atoms with Gasteiger partial charge < -0.3 is 18.9 Å². The molecule has 1 saturated heterocycles. The summed E-state index contributed by atoms with van der Waals surface area (Å²) in [5.74, 6) is -3.15. The zero-order valence-electron chi connectivity index (χ0n) is 26.5. The molecular formula is C31H24N6O15. The Morgan fingerprint density at radius 1 is 0.769 bits per heavy atom. The number of carbonyl (C=O) groups excluding carboxylic acids is 3. The Hall–Kier alpha value is -7.16. The lowest BCUT2D eigenvalue weighted by atomic mass is 9.99. The lowest BCUT2D eigenvalue weighted by Gasteiger charge is -2.40. The van der Waals surface area contributed by atoms with Gasteiger partial charge in [0.1, 0.15) is 24.5 Å². The van der Waals surface area contributed by atoms with Crippen LogP contribution in [-0.2, 0) is 18.9 Å². The molecule has 1 fully saturated rings. The number of nitrogens with zero attached hydrogens (tertiary/aromatic N) is 5. The molecule has 52 heavy (non-hydrogen) atoms. The summed E-state index contributed by atoms with van der Waals surface area (Å²) in [6.45, 7) is 0.551. The van der Waals surface area contributed by atoms with Gasteiger partial charge in [0.25, 0.3) is 22.6 Å². The number of benzene rings is 3. The lowest BCUT2D eigenvalue weighted by molar-refractivity contribution is -0.385. The third kappa shape index (κ3) is 8.16. The Kier molecular flexibility index (Phi) is 10.5. The number of non-ortho nitro benzene ring substituents is 3. The number of nitro groups is 3. The topological polar surface area (TPSA) is 285 Å². The van der Waals surface area contributed by atoms with E-state index in [0.717, 1.165) is 77.5 Å². The molecule has 21 nitrogen and oxygen atoms in total. The molecule has 21 heteroatoms. The molecule has 2 heterocycles. The van der Waals surface area contributed by atoms with Gasteiger partial charge in [-0.2, -0.15) is 9.78 Å². The number of hydrogen-bond acceptors (Lipinski definition) is 16. The molecule has 0 unspecified atom stereocenters. The van der Waals surface area contributed by atoms with E-state index >= 15 is 0 Å². The van der Waals surface area contributed by atoms with Crippen molar-refractivity contribution >= 4 is 35.0 Å². The fourth-order valence-electron chi connectivity index (χ4n) is 4.95. The normalized spacial score (nSPS) is 18.1. The summed E-state index contributed by atoms with van der Waals surface area (Å²) in [5.41, 5.74) is -3.42. The Morgan fingerprint density at radius 3 is 1.67 bits per heavy atom. The van der Waals surface area contributed by atoms with Crippen LogP contribution in [0.15, 0.2) is 82.4 Å². The largest absolute Gasteiger partial charge is 0.459 e. The quantitative estimate of drug-likeness (QED) is 0.101. The van der Waals surface area contributed by atoms with Crippen LogP contribution in [0.2, 0.25) is 0 Å². The van der Waals surface area contributed by atoms with Crippen molar-refractivity contribution in [1.29, 1.82) is 0 Å². The second kappa shape index (κ2) is 15.2. The molecular weight excluding hydrogens is 696 g/mol. The standard InChI is InChI=1S/C31H24N6O15/c1-16-27(38)32-31(42)34(33-16)25-14-23(51-29(40)18-4-10-21(11-5-18)36(45)46)26(52-30(41)19-6-12-22(13-7-19)37(47)48)24(50-25)15-49-28(39)17-2-8-20(9-3-17)35(43)44/h2-13,23-26H,14-15H2,1H3,(H,32,38,42)/t23-,24-,25-,26+/m1/s1. The maximum absolute atomic E-state index is 13.4. The third-order valence-electron chi connectivity index (χ3n) is 7.61. The summed E-state index contributed by atoms with van der Waals surface area (Å²) in [4.78, 5) is 97.8. The number of hydrogen-bond donors (Lipinski definition) is 1. The minimum atomic E-state index is -1.62. The van der Waals surface area contributed by atoms with Crippen LogP contribution in [0.5, 0.6) is 0 Å². The first-order valence-electron chi connectivity index (χ1n) is 14.9. The van der Waals surface area contributed by atoms with Gasteiger partial charge in [-0.1, -0.05) is 0 Å². The van der Waals surface area contributed by atoms with Crippen molar-refractivity contribution in [2.45, 2.75) is 37.9 Å². The highest BCUT2D eigenvalue weighted by Gasteiger charge is 2.46. The zero-order chi connectivity index (χ0) is 37.7. The van der Waals surface area contributed by atoms with E-state index < -0.39 is 81.5 Å². The Morgan fingerprint density at radius 2 is 1.21 bits per heavy atom. The second-order valence-corrected chi connectivity index (χ2v) is 11.0. The predicted octanol–water partition coefficient (Wildman–Crippen LogP) is 2.56. The summed E-state index contributed by atoms with van der Waals surface area (Å²) < 4.78 is 23.5. The van der Waals surface area contributed by atoms with Gasteiger partial charge in [0, 0.05) is 42.8 Å². The Balaban J connectivity index is 1.51. The van der Waals surface area contributed by atoms with Crippen LogP contribution in [0, 0.1) is 37.3 Å². The molecule has 0 aliphatic carbocycles. The van der Waals surface area contributed by atoms with Gasteiger partial charge >= 0.3 is 23.6 Å². The van der Waals surface area contributed by atoms with Gasteiger partial charge in [0.05, 0.1) is 31.5 Å². The summed E-state index contributed by atoms with van der Waals surface area (Å²) >= 11 is 0. The molecule has 0 radical (unpaired) electrons. The van der Waals surface area contributed by atoms with E-state index in [1.165, 1.54) is 6.92 Å². The van der Waals surface area contributed by atoms with E-state index in [9.17, 15) is 54.3 Å². The lowest BCUT2D eigenvalue weighted by Crippen LogP contribution is -2.54. The molecule has 4 aromatic rings. The summed E-state index contributed by atoms with van der Waals surface area (Å²) in [5, 5.41) is 37.2. The predicted molar refractivity (Wildman–Crippen MR) is 170 cm³/mol. The van der Waals surface area contributed by atoms with Crippen molar-refractivity contribution in [3.63, 3.8) is 0 Å². The summed E-state index contributed by atoms with van der Waals surface area (Å²) in [6, 6.07) is 12.9. The smallest absolute Gasteiger partial charge is 0.347 e. The SMILES string of the molecule is Cc1nn([C@H]2C[C@@H](OC(=O)c3ccc([N+](=O)[O-])cc3)[C@H](OC(=O)c3ccc([N+](=O)[O-])cc3)[C@@H](COC(=O)c3ccc([N+](=O)[O-])cc3)O2)c(=O)[nH]c1=O. The minimum absolute atomic E-state index is 0.118. The summed E-state index contributed by atoms with van der Waals surface area (Å²) in [6.07, 6.45) is -6.59. The number of esters is 3. The van der Waals surface area contributed by atoms with Crippen molar-refractivity contribution in [2.75, 3.05) is 6.61 Å². The van der Waals surface area contributed by atoms with E-state index in [-0.39, 0.29) is 39.4 Å². The maximum atomic E-state index is 13.4. The Labute approximate surface area is 288 Å². The number of aryl methyl sites for hydroxylation is 1. The van der Waals surface area contributed by atoms with Crippen LogP contribution in [0.4, 0.5) is 17.1 Å². The van der Waals surface area contributed by atoms with Crippen molar-refractivity contribution in [3.05, 3.63) is 146 Å².